The molecule has 2 N–H and O–H groups in total. The smallest absolute Gasteiger partial charge is 0.236 e. The quantitative estimate of drug-likeness (QED) is 0.469. The summed E-state index contributed by atoms with van der Waals surface area (Å²) in [6.07, 6.45) is 0. The van der Waals surface area contributed by atoms with Crippen LogP contribution in [0.1, 0.15) is 17.0 Å². The predicted molar refractivity (Wildman–Crippen MR) is 103 cm³/mol. The molecule has 0 unspecified atom stereocenters. The van der Waals surface area contributed by atoms with Gasteiger partial charge in [0, 0.05) is 11.4 Å². The van der Waals surface area contributed by atoms with Gasteiger partial charge in [-0.05, 0) is 19.4 Å². The first-order chi connectivity index (χ1) is 12.1. The molecule has 2 aromatic heterocycles. The monoisotopic (exact) mass is 391 g/mol. The standard InChI is InChI=1S/C16H17N5OS3/c1-10-11(2)18-14(17-10)23-9-13(22)19-15-20-21-16(25-15)24-8-12-6-4-3-5-7-12/h3-7H,8-9H2,1-2H3,(H,17,18)(H,19,20,22). The fraction of sp³-hybridized carbons (Fsp3) is 0.250. The zero-order valence-electron chi connectivity index (χ0n) is 13.8. The lowest BCUT2D eigenvalue weighted by Crippen LogP contribution is -2.13. The number of amides is 1. The number of carbonyl (C=O) groups excluding carboxylic acids is 1. The highest BCUT2D eigenvalue weighted by molar-refractivity contribution is 8.00. The van der Waals surface area contributed by atoms with Crippen molar-refractivity contribution < 1.29 is 4.79 Å². The number of hydrogen-bond acceptors (Lipinski definition) is 7. The van der Waals surface area contributed by atoms with Gasteiger partial charge in [0.2, 0.25) is 11.0 Å². The molecule has 0 spiro atoms. The van der Waals surface area contributed by atoms with E-state index in [1.807, 2.05) is 32.0 Å². The zero-order valence-corrected chi connectivity index (χ0v) is 16.2. The van der Waals surface area contributed by atoms with Crippen molar-refractivity contribution in [2.24, 2.45) is 0 Å². The molecule has 2 heterocycles. The molecule has 0 radical (unpaired) electrons. The first-order valence-corrected chi connectivity index (χ1v) is 10.3. The van der Waals surface area contributed by atoms with Gasteiger partial charge in [0.25, 0.3) is 0 Å². The third kappa shape index (κ3) is 5.32. The highest BCUT2D eigenvalue weighted by Crippen LogP contribution is 2.28. The molecule has 0 aliphatic carbocycles. The Morgan fingerprint density at radius 2 is 2.00 bits per heavy atom. The van der Waals surface area contributed by atoms with Crippen LogP contribution in [0.4, 0.5) is 5.13 Å². The SMILES string of the molecule is Cc1nc(SCC(=O)Nc2nnc(SCc3ccccc3)s2)[nH]c1C. The van der Waals surface area contributed by atoms with Crippen LogP contribution < -0.4 is 5.32 Å². The van der Waals surface area contributed by atoms with E-state index in [1.54, 1.807) is 11.8 Å². The molecule has 0 atom stereocenters. The van der Waals surface area contributed by atoms with E-state index >= 15 is 0 Å². The van der Waals surface area contributed by atoms with Gasteiger partial charge in [-0.15, -0.1) is 10.2 Å². The number of nitrogens with one attached hydrogen (secondary N) is 2. The number of anilines is 1. The van der Waals surface area contributed by atoms with Gasteiger partial charge >= 0.3 is 0 Å². The van der Waals surface area contributed by atoms with E-state index in [-0.39, 0.29) is 11.7 Å². The Kier molecular flexibility index (Phi) is 6.11. The number of nitrogens with zero attached hydrogens (tertiary/aromatic N) is 3. The predicted octanol–water partition coefficient (Wildman–Crippen LogP) is 3.90. The second-order valence-electron chi connectivity index (χ2n) is 5.24. The molecule has 0 saturated carbocycles. The summed E-state index contributed by atoms with van der Waals surface area (Å²) < 4.78 is 0.837. The Labute approximate surface area is 158 Å². The van der Waals surface area contributed by atoms with Crippen LogP contribution in [0.25, 0.3) is 0 Å². The van der Waals surface area contributed by atoms with E-state index in [0.29, 0.717) is 5.13 Å². The highest BCUT2D eigenvalue weighted by atomic mass is 32.2. The average molecular weight is 392 g/mol. The molecular formula is C16H17N5OS3. The molecule has 3 aromatic rings. The van der Waals surface area contributed by atoms with Crippen molar-refractivity contribution in [2.75, 3.05) is 11.1 Å². The highest BCUT2D eigenvalue weighted by Gasteiger charge is 2.11. The maximum absolute atomic E-state index is 12.0. The molecule has 6 nitrogen and oxygen atoms in total. The van der Waals surface area contributed by atoms with Crippen LogP contribution >= 0.6 is 34.9 Å². The topological polar surface area (TPSA) is 83.6 Å². The first-order valence-electron chi connectivity index (χ1n) is 7.56. The van der Waals surface area contributed by atoms with Crippen molar-refractivity contribution >= 4 is 45.9 Å². The van der Waals surface area contributed by atoms with Gasteiger partial charge < -0.3 is 4.98 Å². The van der Waals surface area contributed by atoms with E-state index in [4.69, 9.17) is 0 Å². The van der Waals surface area contributed by atoms with Crippen molar-refractivity contribution in [3.63, 3.8) is 0 Å². The summed E-state index contributed by atoms with van der Waals surface area (Å²) in [6, 6.07) is 10.2. The number of hydrogen-bond donors (Lipinski definition) is 2. The number of thioether (sulfide) groups is 2. The molecule has 3 rings (SSSR count). The minimum atomic E-state index is -0.118. The number of aromatic nitrogens is 4. The van der Waals surface area contributed by atoms with Crippen LogP contribution in [-0.2, 0) is 10.5 Å². The van der Waals surface area contributed by atoms with Gasteiger partial charge in [0.05, 0.1) is 11.4 Å². The number of rotatable bonds is 7. The van der Waals surface area contributed by atoms with Crippen LogP contribution in [0, 0.1) is 13.8 Å². The van der Waals surface area contributed by atoms with Crippen molar-refractivity contribution in [2.45, 2.75) is 29.1 Å². The van der Waals surface area contributed by atoms with E-state index < -0.39 is 0 Å². The first kappa shape index (κ1) is 18.0. The molecule has 0 aliphatic rings. The summed E-state index contributed by atoms with van der Waals surface area (Å²) in [5, 5.41) is 12.2. The summed E-state index contributed by atoms with van der Waals surface area (Å²) in [5.74, 6) is 0.988. The van der Waals surface area contributed by atoms with Crippen molar-refractivity contribution in [3.05, 3.63) is 47.3 Å². The summed E-state index contributed by atoms with van der Waals surface area (Å²) in [7, 11) is 0. The number of carbonyl (C=O) groups is 1. The molecule has 9 heteroatoms. The minimum absolute atomic E-state index is 0.118. The Balaban J connectivity index is 1.46. The van der Waals surface area contributed by atoms with Gasteiger partial charge in [-0.1, -0.05) is 65.2 Å². The van der Waals surface area contributed by atoms with Crippen LogP contribution in [-0.4, -0.2) is 31.8 Å². The normalized spacial score (nSPS) is 10.8. The lowest BCUT2D eigenvalue weighted by atomic mass is 10.2. The van der Waals surface area contributed by atoms with Crippen LogP contribution in [0.2, 0.25) is 0 Å². The lowest BCUT2D eigenvalue weighted by Gasteiger charge is -1.99. The van der Waals surface area contributed by atoms with Crippen molar-refractivity contribution in [1.82, 2.24) is 20.2 Å². The van der Waals surface area contributed by atoms with Crippen LogP contribution in [0.3, 0.4) is 0 Å². The molecule has 1 amide bonds. The number of benzene rings is 1. The van der Waals surface area contributed by atoms with Crippen LogP contribution in [0.5, 0.6) is 0 Å². The minimum Gasteiger partial charge on any atom is -0.337 e. The van der Waals surface area contributed by atoms with Crippen molar-refractivity contribution in [3.8, 4) is 0 Å². The van der Waals surface area contributed by atoms with Gasteiger partial charge in [0.15, 0.2) is 9.50 Å². The Morgan fingerprint density at radius 1 is 1.20 bits per heavy atom. The zero-order chi connectivity index (χ0) is 17.6. The molecule has 1 aromatic carbocycles. The number of H-pyrrole nitrogens is 1. The third-order valence-electron chi connectivity index (χ3n) is 3.30. The molecule has 0 fully saturated rings. The fourth-order valence-corrected chi connectivity index (χ4v) is 4.40. The molecule has 0 aliphatic heterocycles. The average Bonchev–Trinajstić information content (AvgIpc) is 3.18. The van der Waals surface area contributed by atoms with E-state index in [1.165, 1.54) is 28.7 Å². The maximum Gasteiger partial charge on any atom is 0.236 e. The fourth-order valence-electron chi connectivity index (χ4n) is 1.91. The van der Waals surface area contributed by atoms with E-state index in [9.17, 15) is 4.79 Å². The maximum atomic E-state index is 12.0. The Bertz CT molecular complexity index is 827. The third-order valence-corrected chi connectivity index (χ3v) is 6.22. The summed E-state index contributed by atoms with van der Waals surface area (Å²) in [5.41, 5.74) is 3.20. The molecule has 0 bridgehead atoms. The summed E-state index contributed by atoms with van der Waals surface area (Å²) in [6.45, 7) is 3.90. The number of aryl methyl sites for hydroxylation is 2. The number of imidazole rings is 1. The van der Waals surface area contributed by atoms with Gasteiger partial charge in [-0.25, -0.2) is 4.98 Å². The van der Waals surface area contributed by atoms with Crippen molar-refractivity contribution in [1.29, 1.82) is 0 Å². The van der Waals surface area contributed by atoms with Gasteiger partial charge in [0.1, 0.15) is 0 Å². The number of aromatic amines is 1. The van der Waals surface area contributed by atoms with E-state index in [0.717, 1.165) is 26.6 Å². The Morgan fingerprint density at radius 3 is 2.72 bits per heavy atom. The van der Waals surface area contributed by atoms with Crippen LogP contribution in [0.15, 0.2) is 39.8 Å². The molecule has 130 valence electrons. The van der Waals surface area contributed by atoms with Gasteiger partial charge in [-0.2, -0.15) is 0 Å². The summed E-state index contributed by atoms with van der Waals surface area (Å²) >= 11 is 4.36. The van der Waals surface area contributed by atoms with Gasteiger partial charge in [-0.3, -0.25) is 10.1 Å². The lowest BCUT2D eigenvalue weighted by molar-refractivity contribution is -0.113. The molecular weight excluding hydrogens is 374 g/mol. The second-order valence-corrected chi connectivity index (χ2v) is 8.40. The summed E-state index contributed by atoms with van der Waals surface area (Å²) in [4.78, 5) is 19.5. The second kappa shape index (κ2) is 8.50. The Hall–Kier alpha value is -1.84. The molecule has 0 saturated heterocycles. The van der Waals surface area contributed by atoms with E-state index in [2.05, 4.69) is 37.6 Å². The largest absolute Gasteiger partial charge is 0.337 e. The molecule has 25 heavy (non-hydrogen) atoms.